The highest BCUT2D eigenvalue weighted by Crippen LogP contribution is 2.52. The maximum atomic E-state index is 15.8. The zero-order valence-electron chi connectivity index (χ0n) is 21.4. The van der Waals surface area contributed by atoms with E-state index in [0.29, 0.717) is 0 Å². The molecule has 2 amide bonds. The van der Waals surface area contributed by atoms with Crippen molar-refractivity contribution in [2.24, 2.45) is 17.6 Å². The van der Waals surface area contributed by atoms with E-state index in [-0.39, 0.29) is 47.6 Å². The number of phenols is 1. The summed E-state index contributed by atoms with van der Waals surface area (Å²) in [6, 6.07) is 0.507. The lowest BCUT2D eigenvalue weighted by Crippen LogP contribution is -2.58. The molecule has 0 saturated heterocycles. The van der Waals surface area contributed by atoms with E-state index in [4.69, 9.17) is 5.73 Å². The zero-order chi connectivity index (χ0) is 28.4. The second kappa shape index (κ2) is 9.21. The van der Waals surface area contributed by atoms with Crippen molar-refractivity contribution in [3.8, 4) is 5.75 Å². The molecule has 3 aliphatic carbocycles. The van der Waals surface area contributed by atoms with Gasteiger partial charge in [-0.3, -0.25) is 24.1 Å². The van der Waals surface area contributed by atoms with Crippen LogP contribution in [0, 0.1) is 17.7 Å². The predicted molar refractivity (Wildman–Crippen MR) is 131 cm³/mol. The number of nitrogens with zero attached hydrogens (tertiary/aromatic N) is 2. The minimum absolute atomic E-state index is 0.0419. The highest BCUT2D eigenvalue weighted by atomic mass is 19.1. The lowest BCUT2D eigenvalue weighted by Gasteiger charge is -2.46. The normalized spacial score (nSPS) is 25.7. The smallest absolute Gasteiger partial charge is 0.255 e. The van der Waals surface area contributed by atoms with Crippen molar-refractivity contribution < 1.29 is 44.0 Å². The van der Waals surface area contributed by atoms with E-state index in [1.165, 1.54) is 4.90 Å². The zero-order valence-corrected chi connectivity index (χ0v) is 21.4. The third-order valence-corrected chi connectivity index (χ3v) is 7.95. The van der Waals surface area contributed by atoms with Crippen LogP contribution in [0.25, 0.3) is 5.76 Å². The fourth-order valence-electron chi connectivity index (χ4n) is 5.81. The molecule has 0 radical (unpaired) electrons. The number of halogens is 1. The first-order chi connectivity index (χ1) is 17.6. The van der Waals surface area contributed by atoms with E-state index in [1.54, 1.807) is 33.0 Å². The standard InChI is InChI=1S/C26H30FN3O8/c1-10(25(37)29(2)3)30(4)9-12-7-15(31)18-14(20(12)27)6-11-5-13-8-16(32)19(24(28)36)23(35)26(13,38)22(34)17(11)21(18)33/h7,10-11,13,31,33,35,38H,5-6,8-9H2,1-4H3,(H2,28,36)/t10-,11?,13+,26+/m1/s1. The molecule has 12 heteroatoms. The summed E-state index contributed by atoms with van der Waals surface area (Å²) < 4.78 is 15.8. The lowest BCUT2D eigenvalue weighted by molar-refractivity contribution is -0.147. The first kappa shape index (κ1) is 27.3. The first-order valence-corrected chi connectivity index (χ1v) is 12.0. The molecule has 6 N–H and O–H groups in total. The van der Waals surface area contributed by atoms with Crippen LogP contribution in [-0.2, 0) is 32.1 Å². The Hall–Kier alpha value is -3.77. The number of hydrogen-bond donors (Lipinski definition) is 5. The Morgan fingerprint density at radius 1 is 1.18 bits per heavy atom. The average molecular weight is 532 g/mol. The van der Waals surface area contributed by atoms with Crippen LogP contribution in [0.15, 0.2) is 23.0 Å². The number of amides is 2. The molecule has 1 aromatic carbocycles. The maximum absolute atomic E-state index is 15.8. The van der Waals surface area contributed by atoms with Crippen molar-refractivity contribution >= 4 is 29.1 Å². The number of carbonyl (C=O) groups is 4. The molecule has 1 saturated carbocycles. The number of nitrogens with two attached hydrogens (primary N) is 1. The molecular weight excluding hydrogens is 501 g/mol. The Morgan fingerprint density at radius 3 is 2.39 bits per heavy atom. The van der Waals surface area contributed by atoms with Crippen molar-refractivity contribution in [2.45, 2.75) is 44.4 Å². The predicted octanol–water partition coefficient (Wildman–Crippen LogP) is 0.472. The highest BCUT2D eigenvalue weighted by molar-refractivity contribution is 6.22. The molecule has 0 spiro atoms. The number of hydrogen-bond acceptors (Lipinski definition) is 9. The number of likely N-dealkylation sites (N-methyl/N-ethyl adjacent to an activating group) is 2. The average Bonchev–Trinajstić information content (AvgIpc) is 2.82. The number of rotatable bonds is 5. The number of fused-ring (bicyclic) bond motifs is 3. The summed E-state index contributed by atoms with van der Waals surface area (Å²) in [5.41, 5.74) is 0.965. The number of carbonyl (C=O) groups excluding carboxylic acids is 4. The molecule has 0 bridgehead atoms. The van der Waals surface area contributed by atoms with Gasteiger partial charge in [-0.05, 0) is 38.8 Å². The summed E-state index contributed by atoms with van der Waals surface area (Å²) in [5.74, 6) is -8.64. The van der Waals surface area contributed by atoms with Crippen molar-refractivity contribution in [1.29, 1.82) is 0 Å². The second-order valence-electron chi connectivity index (χ2n) is 10.5. The number of phenolic OH excluding ortho intramolecular Hbond substituents is 1. The summed E-state index contributed by atoms with van der Waals surface area (Å²) in [7, 11) is 4.82. The number of aliphatic hydroxyl groups is 3. The van der Waals surface area contributed by atoms with Crippen LogP contribution in [0.5, 0.6) is 5.75 Å². The molecule has 38 heavy (non-hydrogen) atoms. The number of benzene rings is 1. The van der Waals surface area contributed by atoms with E-state index in [0.717, 1.165) is 6.07 Å². The van der Waals surface area contributed by atoms with Crippen LogP contribution in [0.4, 0.5) is 4.39 Å². The number of primary amides is 1. The third kappa shape index (κ3) is 3.86. The van der Waals surface area contributed by atoms with Gasteiger partial charge in [-0.1, -0.05) is 0 Å². The van der Waals surface area contributed by atoms with Crippen LogP contribution in [0.1, 0.15) is 36.5 Å². The summed E-state index contributed by atoms with van der Waals surface area (Å²) in [6.07, 6.45) is -0.697. The van der Waals surface area contributed by atoms with Gasteiger partial charge in [0.1, 0.15) is 28.7 Å². The number of Topliss-reactive ketones (excluding diaryl/α,β-unsaturated/α-hetero) is 2. The molecule has 4 rings (SSSR count). The van der Waals surface area contributed by atoms with Crippen molar-refractivity contribution in [3.63, 3.8) is 0 Å². The molecule has 4 atom stereocenters. The Balaban J connectivity index is 1.78. The molecule has 204 valence electrons. The Kier molecular flexibility index (Phi) is 6.61. The topological polar surface area (TPSA) is 182 Å². The monoisotopic (exact) mass is 531 g/mol. The Labute approximate surface area is 217 Å². The van der Waals surface area contributed by atoms with E-state index >= 15 is 4.39 Å². The third-order valence-electron chi connectivity index (χ3n) is 7.95. The van der Waals surface area contributed by atoms with Gasteiger partial charge >= 0.3 is 0 Å². The van der Waals surface area contributed by atoms with Crippen LogP contribution >= 0.6 is 0 Å². The van der Waals surface area contributed by atoms with Crippen molar-refractivity contribution in [2.75, 3.05) is 21.1 Å². The highest BCUT2D eigenvalue weighted by Gasteiger charge is 2.60. The number of ketones is 2. The largest absolute Gasteiger partial charge is 0.508 e. The molecule has 1 unspecified atom stereocenters. The first-order valence-electron chi connectivity index (χ1n) is 12.0. The molecule has 1 aromatic rings. The summed E-state index contributed by atoms with van der Waals surface area (Å²) in [6.45, 7) is 1.62. The molecule has 1 fully saturated rings. The quantitative estimate of drug-likeness (QED) is 0.337. The van der Waals surface area contributed by atoms with Gasteiger partial charge in [0.15, 0.2) is 11.4 Å². The minimum Gasteiger partial charge on any atom is -0.508 e. The summed E-state index contributed by atoms with van der Waals surface area (Å²) >= 11 is 0. The minimum atomic E-state index is -2.68. The second-order valence-corrected chi connectivity index (χ2v) is 10.5. The van der Waals surface area contributed by atoms with Gasteiger partial charge in [-0.25, -0.2) is 4.39 Å². The number of aromatic hydroxyl groups is 1. The summed E-state index contributed by atoms with van der Waals surface area (Å²) in [4.78, 5) is 52.9. The molecule has 0 heterocycles. The van der Waals surface area contributed by atoms with E-state index < -0.39 is 76.0 Å². The lowest BCUT2D eigenvalue weighted by atomic mass is 9.59. The van der Waals surface area contributed by atoms with E-state index in [9.17, 15) is 39.6 Å². The fraction of sp³-hybridized carbons (Fsp3) is 0.462. The van der Waals surface area contributed by atoms with Crippen LogP contribution in [0.3, 0.4) is 0 Å². The molecule has 3 aliphatic rings. The summed E-state index contributed by atoms with van der Waals surface area (Å²) in [5, 5.41) is 43.6. The SMILES string of the molecule is C[C@H](C(=O)N(C)C)N(C)Cc1cc(O)c2c(c1F)CC1C[C@H]3CC(=O)C(C(N)=O)=C(O)[C@@]3(O)C(=O)C1=C2O. The van der Waals surface area contributed by atoms with Crippen LogP contribution < -0.4 is 5.73 Å². The number of aliphatic hydroxyl groups excluding tert-OH is 2. The van der Waals surface area contributed by atoms with Gasteiger partial charge < -0.3 is 31.1 Å². The van der Waals surface area contributed by atoms with Crippen molar-refractivity contribution in [1.82, 2.24) is 9.80 Å². The van der Waals surface area contributed by atoms with Crippen LogP contribution in [0.2, 0.25) is 0 Å². The van der Waals surface area contributed by atoms with Gasteiger partial charge in [0, 0.05) is 49.7 Å². The van der Waals surface area contributed by atoms with Crippen molar-refractivity contribution in [3.05, 3.63) is 45.5 Å². The molecule has 11 nitrogen and oxygen atoms in total. The Morgan fingerprint density at radius 2 is 1.82 bits per heavy atom. The van der Waals surface area contributed by atoms with Gasteiger partial charge in [-0.2, -0.15) is 0 Å². The molecule has 0 aromatic heterocycles. The van der Waals surface area contributed by atoms with Gasteiger partial charge in [0.25, 0.3) is 5.91 Å². The van der Waals surface area contributed by atoms with E-state index in [1.807, 2.05) is 0 Å². The van der Waals surface area contributed by atoms with E-state index in [2.05, 4.69) is 0 Å². The van der Waals surface area contributed by atoms with Gasteiger partial charge in [-0.15, -0.1) is 0 Å². The van der Waals surface area contributed by atoms with Gasteiger partial charge in [0.2, 0.25) is 11.7 Å². The molecular formula is C26H30FN3O8. The fourth-order valence-corrected chi connectivity index (χ4v) is 5.81. The van der Waals surface area contributed by atoms with Gasteiger partial charge in [0.05, 0.1) is 11.6 Å². The Bertz CT molecular complexity index is 1350. The molecule has 0 aliphatic heterocycles. The maximum Gasteiger partial charge on any atom is 0.255 e. The van der Waals surface area contributed by atoms with Crippen LogP contribution in [-0.4, -0.2) is 86.4 Å².